The average molecular weight is 395 g/mol. The van der Waals surface area contributed by atoms with Crippen molar-refractivity contribution in [1.82, 2.24) is 15.3 Å². The van der Waals surface area contributed by atoms with Crippen molar-refractivity contribution >= 4 is 17.2 Å². The number of nitrogens with one attached hydrogen (secondary N) is 2. The molecule has 0 aliphatic rings. The maximum atomic E-state index is 12.9. The van der Waals surface area contributed by atoms with Crippen LogP contribution in [0.5, 0.6) is 0 Å². The Bertz CT molecular complexity index is 929. The van der Waals surface area contributed by atoms with E-state index in [0.29, 0.717) is 33.9 Å². The quantitative estimate of drug-likeness (QED) is 0.289. The van der Waals surface area contributed by atoms with Gasteiger partial charge in [-0.05, 0) is 18.7 Å². The minimum Gasteiger partial charge on any atom is -0.619 e. The van der Waals surface area contributed by atoms with Crippen molar-refractivity contribution < 1.29 is 17.9 Å². The molecule has 3 rings (SSSR count). The van der Waals surface area contributed by atoms with Gasteiger partial charge in [-0.1, -0.05) is 6.92 Å². The van der Waals surface area contributed by atoms with E-state index in [2.05, 4.69) is 20.6 Å². The Balaban J connectivity index is 2.06. The lowest BCUT2D eigenvalue weighted by Gasteiger charge is -2.11. The first kappa shape index (κ1) is 19.1. The average Bonchev–Trinajstić information content (AvgIpc) is 3.12. The minimum atomic E-state index is -4.52. The van der Waals surface area contributed by atoms with Crippen molar-refractivity contribution in [2.75, 3.05) is 18.5 Å². The molecule has 0 unspecified atom stereocenters. The number of rotatable bonds is 6. The van der Waals surface area contributed by atoms with Crippen molar-refractivity contribution in [3.63, 3.8) is 0 Å². The molecule has 2 N–H and O–H groups in total. The molecular formula is C17H16F3N5OS. The predicted molar refractivity (Wildman–Crippen MR) is 96.9 cm³/mol. The number of thiazole rings is 1. The summed E-state index contributed by atoms with van der Waals surface area (Å²) in [5, 5.41) is 18.9. The summed E-state index contributed by atoms with van der Waals surface area (Å²) in [7, 11) is 0. The molecule has 3 aromatic rings. The fourth-order valence-corrected chi connectivity index (χ4v) is 3.24. The third-order valence-corrected chi connectivity index (χ3v) is 4.54. The highest BCUT2D eigenvalue weighted by atomic mass is 32.1. The van der Waals surface area contributed by atoms with Gasteiger partial charge in [-0.25, -0.2) is 9.97 Å². The Morgan fingerprint density at radius 1 is 1.30 bits per heavy atom. The van der Waals surface area contributed by atoms with Crippen LogP contribution in [-0.2, 0) is 6.18 Å². The number of halogens is 3. The van der Waals surface area contributed by atoms with E-state index in [0.717, 1.165) is 23.3 Å². The van der Waals surface area contributed by atoms with Crippen LogP contribution in [0.25, 0.3) is 21.7 Å². The van der Waals surface area contributed by atoms with Crippen LogP contribution in [0.3, 0.4) is 0 Å². The molecule has 0 saturated carbocycles. The van der Waals surface area contributed by atoms with Gasteiger partial charge in [-0.15, -0.1) is 11.3 Å². The molecular weight excluding hydrogens is 379 g/mol. The molecule has 0 bridgehead atoms. The molecule has 0 amide bonds. The molecule has 0 aromatic carbocycles. The van der Waals surface area contributed by atoms with Gasteiger partial charge in [0.05, 0.1) is 6.67 Å². The first-order chi connectivity index (χ1) is 12.9. The topological polar surface area (TPSA) is 76.8 Å². The summed E-state index contributed by atoms with van der Waals surface area (Å²) >= 11 is 0.892. The van der Waals surface area contributed by atoms with Gasteiger partial charge in [0.1, 0.15) is 10.8 Å². The maximum absolute atomic E-state index is 12.9. The molecule has 0 aliphatic heterocycles. The summed E-state index contributed by atoms with van der Waals surface area (Å²) < 4.78 is 39.5. The molecule has 0 fully saturated rings. The molecule has 3 aromatic heterocycles. The summed E-state index contributed by atoms with van der Waals surface area (Å²) in [6, 6.07) is 4.89. The number of aromatic nitrogens is 3. The van der Waals surface area contributed by atoms with Crippen LogP contribution in [0.15, 0.2) is 42.2 Å². The Morgan fingerprint density at radius 3 is 2.78 bits per heavy atom. The third kappa shape index (κ3) is 4.52. The van der Waals surface area contributed by atoms with E-state index >= 15 is 0 Å². The normalized spacial score (nSPS) is 11.6. The first-order valence-electron chi connectivity index (χ1n) is 8.05. The number of alkyl halides is 3. The Morgan fingerprint density at radius 2 is 2.11 bits per heavy atom. The van der Waals surface area contributed by atoms with Crippen LogP contribution in [0.4, 0.5) is 19.0 Å². The van der Waals surface area contributed by atoms with E-state index in [1.165, 1.54) is 18.6 Å². The van der Waals surface area contributed by atoms with Crippen molar-refractivity contribution in [3.05, 3.63) is 53.1 Å². The van der Waals surface area contributed by atoms with E-state index in [4.69, 9.17) is 0 Å². The van der Waals surface area contributed by atoms with Crippen LogP contribution < -0.4 is 15.4 Å². The second kappa shape index (κ2) is 7.89. The lowest BCUT2D eigenvalue weighted by Crippen LogP contribution is -2.24. The second-order valence-corrected chi connectivity index (χ2v) is 6.42. The largest absolute Gasteiger partial charge is 0.619 e. The monoisotopic (exact) mass is 395 g/mol. The van der Waals surface area contributed by atoms with Gasteiger partial charge in [0.15, 0.2) is 18.1 Å². The highest BCUT2D eigenvalue weighted by Crippen LogP contribution is 2.38. The molecule has 3 heterocycles. The van der Waals surface area contributed by atoms with Crippen LogP contribution in [0, 0.1) is 5.21 Å². The summed E-state index contributed by atoms with van der Waals surface area (Å²) in [6.07, 6.45) is -0.328. The van der Waals surface area contributed by atoms with Crippen LogP contribution in [0.2, 0.25) is 0 Å². The zero-order valence-electron chi connectivity index (χ0n) is 14.2. The molecule has 0 spiro atoms. The van der Waals surface area contributed by atoms with Gasteiger partial charge in [-0.3, -0.25) is 0 Å². The molecule has 6 nitrogen and oxygen atoms in total. The number of pyridine rings is 2. The van der Waals surface area contributed by atoms with E-state index in [-0.39, 0.29) is 5.01 Å². The fraction of sp³-hybridized carbons (Fsp3) is 0.235. The third-order valence-electron chi connectivity index (χ3n) is 3.66. The van der Waals surface area contributed by atoms with Crippen molar-refractivity contribution in [2.45, 2.75) is 13.1 Å². The molecule has 142 valence electrons. The van der Waals surface area contributed by atoms with Gasteiger partial charge in [0.2, 0.25) is 0 Å². The highest BCUT2D eigenvalue weighted by Gasteiger charge is 2.34. The van der Waals surface area contributed by atoms with E-state index in [1.807, 2.05) is 6.92 Å². The van der Waals surface area contributed by atoms with Gasteiger partial charge in [-0.2, -0.15) is 17.9 Å². The molecule has 0 radical (unpaired) electrons. The number of anilines is 1. The first-order valence-corrected chi connectivity index (χ1v) is 8.93. The lowest BCUT2D eigenvalue weighted by molar-refractivity contribution is -0.604. The van der Waals surface area contributed by atoms with Crippen LogP contribution in [0.1, 0.15) is 12.6 Å². The zero-order valence-corrected chi connectivity index (χ0v) is 15.1. The molecule has 0 atom stereocenters. The number of nitrogens with zero attached hydrogens (tertiary/aromatic N) is 3. The minimum absolute atomic E-state index is 0.201. The van der Waals surface area contributed by atoms with E-state index in [1.54, 1.807) is 18.2 Å². The van der Waals surface area contributed by atoms with Crippen LogP contribution in [-0.4, -0.2) is 23.2 Å². The Hall–Kier alpha value is -2.72. The van der Waals surface area contributed by atoms with Crippen molar-refractivity contribution in [1.29, 1.82) is 0 Å². The van der Waals surface area contributed by atoms with Gasteiger partial charge in [0.25, 0.3) is 0 Å². The van der Waals surface area contributed by atoms with Crippen molar-refractivity contribution in [2.24, 2.45) is 0 Å². The Kier molecular flexibility index (Phi) is 5.57. The molecule has 0 saturated heterocycles. The maximum Gasteiger partial charge on any atom is 0.434 e. The summed E-state index contributed by atoms with van der Waals surface area (Å²) in [4.78, 5) is 8.03. The summed E-state index contributed by atoms with van der Waals surface area (Å²) in [5.74, 6) is 0.490. The molecule has 27 heavy (non-hydrogen) atoms. The smallest absolute Gasteiger partial charge is 0.434 e. The standard InChI is InChI=1S/C17H16F3N5OS/c1-2-21-10-23-15-6-12(16-24-14(9-27-16)17(18,19)20)13(7-22-15)11-4-3-5-25(26)8-11/h3-9,21H,2,10H2,1H3,(H,22,23). The fourth-order valence-electron chi connectivity index (χ4n) is 2.38. The van der Waals surface area contributed by atoms with Crippen LogP contribution >= 0.6 is 11.3 Å². The van der Waals surface area contributed by atoms with E-state index in [9.17, 15) is 18.4 Å². The van der Waals surface area contributed by atoms with Crippen molar-refractivity contribution in [3.8, 4) is 21.7 Å². The second-order valence-electron chi connectivity index (χ2n) is 5.56. The van der Waals surface area contributed by atoms with Gasteiger partial charge < -0.3 is 15.8 Å². The van der Waals surface area contributed by atoms with Gasteiger partial charge in [0, 0.05) is 34.3 Å². The van der Waals surface area contributed by atoms with Gasteiger partial charge >= 0.3 is 6.18 Å². The highest BCUT2D eigenvalue weighted by molar-refractivity contribution is 7.13. The molecule has 0 aliphatic carbocycles. The van der Waals surface area contributed by atoms with E-state index < -0.39 is 11.9 Å². The zero-order chi connectivity index (χ0) is 19.4. The number of hydrogen-bond donors (Lipinski definition) is 2. The lowest BCUT2D eigenvalue weighted by atomic mass is 10.0. The summed E-state index contributed by atoms with van der Waals surface area (Å²) in [5.41, 5.74) is 0.587. The summed E-state index contributed by atoms with van der Waals surface area (Å²) in [6.45, 7) is 3.16. The molecule has 10 heteroatoms. The predicted octanol–water partition coefficient (Wildman–Crippen LogP) is 3.50. The number of hydrogen-bond acceptors (Lipinski definition) is 6. The SMILES string of the molecule is CCNCNc1cc(-c2nc(C(F)(F)F)cs2)c(-c2ccc[n+]([O-])c2)cn1. The Labute approximate surface area is 157 Å².